The molecule has 0 spiro atoms. The van der Waals surface area contributed by atoms with E-state index in [2.05, 4.69) is 15.0 Å². The van der Waals surface area contributed by atoms with Crippen LogP contribution in [-0.2, 0) is 6.54 Å². The molecule has 1 saturated heterocycles. The van der Waals surface area contributed by atoms with Crippen LogP contribution in [0.25, 0.3) is 11.7 Å². The highest BCUT2D eigenvalue weighted by molar-refractivity contribution is 5.42. The van der Waals surface area contributed by atoms with Crippen molar-refractivity contribution in [3.8, 4) is 11.7 Å². The number of hydrogen-bond donors (Lipinski definition) is 1. The quantitative estimate of drug-likeness (QED) is 0.851. The molecule has 0 aliphatic carbocycles. The lowest BCUT2D eigenvalue weighted by Crippen LogP contribution is -2.22. The fourth-order valence-electron chi connectivity index (χ4n) is 1.97. The zero-order valence-electron chi connectivity index (χ0n) is 9.24. The summed E-state index contributed by atoms with van der Waals surface area (Å²) in [5.41, 5.74) is 0. The molecule has 1 aliphatic heterocycles. The van der Waals surface area contributed by atoms with Gasteiger partial charge in [-0.3, -0.25) is 4.90 Å². The normalized spacial score (nSPS) is 21.1. The van der Waals surface area contributed by atoms with E-state index in [4.69, 9.17) is 8.94 Å². The first kappa shape index (κ1) is 10.5. The molecule has 0 radical (unpaired) electrons. The molecule has 0 aromatic carbocycles. The van der Waals surface area contributed by atoms with Crippen molar-refractivity contribution in [3.63, 3.8) is 0 Å². The Morgan fingerprint density at radius 2 is 2.47 bits per heavy atom. The van der Waals surface area contributed by atoms with E-state index >= 15 is 0 Å². The van der Waals surface area contributed by atoms with Crippen molar-refractivity contribution in [1.29, 1.82) is 0 Å². The van der Waals surface area contributed by atoms with Crippen molar-refractivity contribution >= 4 is 0 Å². The molecule has 2 aromatic rings. The highest BCUT2D eigenvalue weighted by Crippen LogP contribution is 2.18. The number of hydrogen-bond acceptors (Lipinski definition) is 6. The predicted octanol–water partition coefficient (Wildman–Crippen LogP) is 0.896. The molecule has 0 unspecified atom stereocenters. The van der Waals surface area contributed by atoms with Gasteiger partial charge in [-0.2, -0.15) is 4.98 Å². The number of likely N-dealkylation sites (tertiary alicyclic amines) is 1. The van der Waals surface area contributed by atoms with E-state index in [1.807, 2.05) is 0 Å². The van der Waals surface area contributed by atoms with Crippen LogP contribution in [0.3, 0.4) is 0 Å². The Hall–Kier alpha value is -1.66. The lowest BCUT2D eigenvalue weighted by atomic mass is 10.3. The molecule has 3 rings (SSSR count). The van der Waals surface area contributed by atoms with Gasteiger partial charge in [0.25, 0.3) is 5.89 Å². The number of aliphatic hydroxyl groups is 1. The van der Waals surface area contributed by atoms with E-state index in [9.17, 15) is 5.11 Å². The number of β-amino-alcohol motifs (C(OH)–C–C–N with tert-alkyl or cyclic N) is 1. The summed E-state index contributed by atoms with van der Waals surface area (Å²) in [7, 11) is 0. The molecule has 3 heterocycles. The van der Waals surface area contributed by atoms with Crippen LogP contribution in [-0.4, -0.2) is 39.3 Å². The Morgan fingerprint density at radius 3 is 3.18 bits per heavy atom. The van der Waals surface area contributed by atoms with Gasteiger partial charge in [-0.1, -0.05) is 5.16 Å². The van der Waals surface area contributed by atoms with Crippen molar-refractivity contribution < 1.29 is 14.0 Å². The van der Waals surface area contributed by atoms with Gasteiger partial charge < -0.3 is 14.0 Å². The summed E-state index contributed by atoms with van der Waals surface area (Å²) in [6.45, 7) is 2.14. The molecular formula is C11H13N3O3. The minimum absolute atomic E-state index is 0.230. The smallest absolute Gasteiger partial charge is 0.293 e. The SMILES string of the molecule is O[C@@H]1CCN(Cc2noc(-c3ccco3)n2)C1. The predicted molar refractivity (Wildman–Crippen MR) is 57.9 cm³/mol. The fraction of sp³-hybridized carbons (Fsp3) is 0.455. The lowest BCUT2D eigenvalue weighted by molar-refractivity contribution is 0.173. The molecule has 2 aromatic heterocycles. The van der Waals surface area contributed by atoms with Crippen LogP contribution in [0.1, 0.15) is 12.2 Å². The van der Waals surface area contributed by atoms with E-state index in [1.54, 1.807) is 18.4 Å². The minimum atomic E-state index is -0.230. The average molecular weight is 235 g/mol. The Labute approximate surface area is 97.8 Å². The third-order valence-corrected chi connectivity index (χ3v) is 2.81. The highest BCUT2D eigenvalue weighted by Gasteiger charge is 2.22. The van der Waals surface area contributed by atoms with Gasteiger partial charge in [0.05, 0.1) is 18.9 Å². The first-order valence-corrected chi connectivity index (χ1v) is 5.58. The average Bonchev–Trinajstić information content (AvgIpc) is 3.00. The number of furan rings is 1. The maximum atomic E-state index is 9.41. The first-order valence-electron chi connectivity index (χ1n) is 5.58. The number of aliphatic hydroxyl groups excluding tert-OH is 1. The molecule has 0 saturated carbocycles. The third kappa shape index (κ3) is 2.22. The van der Waals surface area contributed by atoms with Crippen molar-refractivity contribution in [2.24, 2.45) is 0 Å². The number of aromatic nitrogens is 2. The highest BCUT2D eigenvalue weighted by atomic mass is 16.5. The van der Waals surface area contributed by atoms with Gasteiger partial charge in [-0.15, -0.1) is 0 Å². The molecule has 6 nitrogen and oxygen atoms in total. The first-order chi connectivity index (χ1) is 8.31. The molecule has 1 atom stereocenters. The summed E-state index contributed by atoms with van der Waals surface area (Å²) in [5, 5.41) is 13.3. The van der Waals surface area contributed by atoms with Crippen LogP contribution in [0.15, 0.2) is 27.3 Å². The van der Waals surface area contributed by atoms with Crippen LogP contribution in [0.2, 0.25) is 0 Å². The summed E-state index contributed by atoms with van der Waals surface area (Å²) in [6, 6.07) is 3.55. The van der Waals surface area contributed by atoms with Gasteiger partial charge in [-0.05, 0) is 18.6 Å². The number of nitrogens with zero attached hydrogens (tertiary/aromatic N) is 3. The van der Waals surface area contributed by atoms with Crippen molar-refractivity contribution in [2.75, 3.05) is 13.1 Å². The summed E-state index contributed by atoms with van der Waals surface area (Å²) in [5.74, 6) is 1.58. The number of rotatable bonds is 3. The topological polar surface area (TPSA) is 75.5 Å². The van der Waals surface area contributed by atoms with E-state index in [0.717, 1.165) is 13.0 Å². The van der Waals surface area contributed by atoms with Gasteiger partial charge in [-0.25, -0.2) is 0 Å². The molecule has 1 fully saturated rings. The molecule has 1 aliphatic rings. The second-order valence-corrected chi connectivity index (χ2v) is 4.17. The maximum absolute atomic E-state index is 9.41. The molecule has 17 heavy (non-hydrogen) atoms. The molecule has 1 N–H and O–H groups in total. The lowest BCUT2D eigenvalue weighted by Gasteiger charge is -2.10. The zero-order chi connectivity index (χ0) is 11.7. The van der Waals surface area contributed by atoms with Crippen molar-refractivity contribution in [2.45, 2.75) is 19.1 Å². The molecule has 90 valence electrons. The summed E-state index contributed by atoms with van der Waals surface area (Å²) in [4.78, 5) is 6.35. The Balaban J connectivity index is 1.69. The largest absolute Gasteiger partial charge is 0.459 e. The Bertz CT molecular complexity index is 480. The van der Waals surface area contributed by atoms with Crippen molar-refractivity contribution in [3.05, 3.63) is 24.2 Å². The van der Waals surface area contributed by atoms with Crippen LogP contribution in [0, 0.1) is 0 Å². The summed E-state index contributed by atoms with van der Waals surface area (Å²) < 4.78 is 10.3. The molecular weight excluding hydrogens is 222 g/mol. The van der Waals surface area contributed by atoms with Crippen LogP contribution >= 0.6 is 0 Å². The Morgan fingerprint density at radius 1 is 1.53 bits per heavy atom. The molecule has 6 heteroatoms. The van der Waals surface area contributed by atoms with Gasteiger partial charge in [0, 0.05) is 13.1 Å². The van der Waals surface area contributed by atoms with Crippen LogP contribution in [0.5, 0.6) is 0 Å². The van der Waals surface area contributed by atoms with Crippen LogP contribution in [0.4, 0.5) is 0 Å². The standard InChI is InChI=1S/C11H13N3O3/c15-8-3-4-14(6-8)7-10-12-11(17-13-10)9-2-1-5-16-9/h1-2,5,8,15H,3-4,6-7H2/t8-/m1/s1. The van der Waals surface area contributed by atoms with Gasteiger partial charge in [0.1, 0.15) is 0 Å². The fourth-order valence-corrected chi connectivity index (χ4v) is 1.97. The second kappa shape index (κ2) is 4.31. The maximum Gasteiger partial charge on any atom is 0.293 e. The van der Waals surface area contributed by atoms with E-state index in [-0.39, 0.29) is 6.10 Å². The van der Waals surface area contributed by atoms with Crippen LogP contribution < -0.4 is 0 Å². The minimum Gasteiger partial charge on any atom is -0.459 e. The zero-order valence-corrected chi connectivity index (χ0v) is 9.24. The van der Waals surface area contributed by atoms with Gasteiger partial charge in [0.2, 0.25) is 0 Å². The Kier molecular flexibility index (Phi) is 2.66. The van der Waals surface area contributed by atoms with Gasteiger partial charge in [0.15, 0.2) is 11.6 Å². The monoisotopic (exact) mass is 235 g/mol. The third-order valence-electron chi connectivity index (χ3n) is 2.81. The molecule has 0 bridgehead atoms. The summed E-state index contributed by atoms with van der Waals surface area (Å²) >= 11 is 0. The van der Waals surface area contributed by atoms with E-state index < -0.39 is 0 Å². The van der Waals surface area contributed by atoms with Crippen molar-refractivity contribution in [1.82, 2.24) is 15.0 Å². The summed E-state index contributed by atoms with van der Waals surface area (Å²) in [6.07, 6.45) is 2.14. The molecule has 0 amide bonds. The second-order valence-electron chi connectivity index (χ2n) is 4.17. The van der Waals surface area contributed by atoms with E-state index in [1.165, 1.54) is 0 Å². The van der Waals surface area contributed by atoms with E-state index in [0.29, 0.717) is 30.6 Å². The van der Waals surface area contributed by atoms with Gasteiger partial charge >= 0.3 is 0 Å².